The number of aryl methyl sites for hydroxylation is 2. The Morgan fingerprint density at radius 3 is 2.40 bits per heavy atom. The minimum atomic E-state index is -0.654. The number of benzene rings is 1. The van der Waals surface area contributed by atoms with E-state index < -0.39 is 6.10 Å². The summed E-state index contributed by atoms with van der Waals surface area (Å²) >= 11 is 0. The predicted molar refractivity (Wildman–Crippen MR) is 111 cm³/mol. The standard InChI is InChI=1S/C22H26N4O4/c1-15-17(16(2)24(3)23-15)8-9-21(27)25-10-12-26(13-11-25)22(28)20-14-29-18-6-4-5-7-19(18)30-20/h4-9,20H,10-14H2,1-3H3. The number of fused-ring (bicyclic) bond motifs is 1. The average Bonchev–Trinajstić information content (AvgIpc) is 3.02. The third-order valence-corrected chi connectivity index (χ3v) is 5.64. The molecule has 2 aliphatic rings. The van der Waals surface area contributed by atoms with Crippen LogP contribution in [0.4, 0.5) is 0 Å². The molecular formula is C22H26N4O4. The Morgan fingerprint density at radius 2 is 1.73 bits per heavy atom. The van der Waals surface area contributed by atoms with Crippen LogP contribution in [-0.2, 0) is 16.6 Å². The SMILES string of the molecule is Cc1nn(C)c(C)c1C=CC(=O)N1CCN(C(=O)C2COc3ccccc3O2)CC1. The number of carbonyl (C=O) groups excluding carboxylic acids is 2. The van der Waals surface area contributed by atoms with Crippen molar-refractivity contribution >= 4 is 17.9 Å². The Morgan fingerprint density at radius 1 is 1.07 bits per heavy atom. The zero-order valence-electron chi connectivity index (χ0n) is 17.5. The van der Waals surface area contributed by atoms with Gasteiger partial charge in [0.15, 0.2) is 11.5 Å². The van der Waals surface area contributed by atoms with Crippen LogP contribution < -0.4 is 9.47 Å². The number of para-hydroxylation sites is 2. The summed E-state index contributed by atoms with van der Waals surface area (Å²) in [6, 6.07) is 7.33. The van der Waals surface area contributed by atoms with Gasteiger partial charge in [-0.25, -0.2) is 0 Å². The highest BCUT2D eigenvalue weighted by Crippen LogP contribution is 2.31. The molecule has 158 valence electrons. The number of carbonyl (C=O) groups is 2. The average molecular weight is 410 g/mol. The molecule has 8 nitrogen and oxygen atoms in total. The fraction of sp³-hybridized carbons (Fsp3) is 0.409. The summed E-state index contributed by atoms with van der Waals surface area (Å²) in [5, 5.41) is 4.36. The van der Waals surface area contributed by atoms with Crippen LogP contribution in [0.5, 0.6) is 11.5 Å². The summed E-state index contributed by atoms with van der Waals surface area (Å²) in [7, 11) is 1.89. The number of hydrogen-bond acceptors (Lipinski definition) is 5. The molecule has 1 unspecified atom stereocenters. The molecule has 0 radical (unpaired) electrons. The molecule has 1 aromatic carbocycles. The first-order valence-corrected chi connectivity index (χ1v) is 10.1. The first kappa shape index (κ1) is 20.0. The predicted octanol–water partition coefficient (Wildman–Crippen LogP) is 1.56. The van der Waals surface area contributed by atoms with Crippen molar-refractivity contribution in [3.05, 3.63) is 47.3 Å². The summed E-state index contributed by atoms with van der Waals surface area (Å²) in [4.78, 5) is 28.9. The topological polar surface area (TPSA) is 76.9 Å². The van der Waals surface area contributed by atoms with Crippen LogP contribution in [-0.4, -0.2) is 70.3 Å². The Balaban J connectivity index is 1.32. The molecule has 0 saturated carbocycles. The molecular weight excluding hydrogens is 384 g/mol. The van der Waals surface area contributed by atoms with Crippen molar-refractivity contribution < 1.29 is 19.1 Å². The van der Waals surface area contributed by atoms with E-state index in [2.05, 4.69) is 5.10 Å². The second kappa shape index (κ2) is 8.22. The van der Waals surface area contributed by atoms with Crippen LogP contribution >= 0.6 is 0 Å². The van der Waals surface area contributed by atoms with Gasteiger partial charge in [0.2, 0.25) is 12.0 Å². The first-order chi connectivity index (χ1) is 14.4. The van der Waals surface area contributed by atoms with Gasteiger partial charge in [0, 0.05) is 50.6 Å². The van der Waals surface area contributed by atoms with E-state index in [9.17, 15) is 9.59 Å². The lowest BCUT2D eigenvalue weighted by molar-refractivity contribution is -0.145. The maximum absolute atomic E-state index is 12.8. The molecule has 1 aromatic heterocycles. The normalized spacial score (nSPS) is 18.7. The number of aromatic nitrogens is 2. The van der Waals surface area contributed by atoms with E-state index in [-0.39, 0.29) is 18.4 Å². The van der Waals surface area contributed by atoms with Gasteiger partial charge in [0.25, 0.3) is 5.91 Å². The van der Waals surface area contributed by atoms with Gasteiger partial charge < -0.3 is 19.3 Å². The number of rotatable bonds is 3. The van der Waals surface area contributed by atoms with Gasteiger partial charge in [-0.05, 0) is 32.1 Å². The lowest BCUT2D eigenvalue weighted by Crippen LogP contribution is -2.54. The zero-order chi connectivity index (χ0) is 21.3. The molecule has 1 saturated heterocycles. The number of hydrogen-bond donors (Lipinski definition) is 0. The molecule has 2 aromatic rings. The van der Waals surface area contributed by atoms with Crippen molar-refractivity contribution in [2.45, 2.75) is 20.0 Å². The van der Waals surface area contributed by atoms with E-state index in [1.807, 2.05) is 45.2 Å². The van der Waals surface area contributed by atoms with Crippen LogP contribution in [0.1, 0.15) is 17.0 Å². The highest BCUT2D eigenvalue weighted by Gasteiger charge is 2.33. The minimum absolute atomic E-state index is 0.0593. The number of amides is 2. The van der Waals surface area contributed by atoms with Crippen molar-refractivity contribution in [1.29, 1.82) is 0 Å². The van der Waals surface area contributed by atoms with Crippen molar-refractivity contribution in [3.8, 4) is 11.5 Å². The highest BCUT2D eigenvalue weighted by molar-refractivity contribution is 5.92. The van der Waals surface area contributed by atoms with Crippen LogP contribution in [0.3, 0.4) is 0 Å². The molecule has 1 atom stereocenters. The molecule has 2 aliphatic heterocycles. The van der Waals surface area contributed by atoms with Gasteiger partial charge in [0.05, 0.1) is 5.69 Å². The Kier molecular flexibility index (Phi) is 5.48. The summed E-state index contributed by atoms with van der Waals surface area (Å²) in [6.07, 6.45) is 2.75. The molecule has 3 heterocycles. The van der Waals surface area contributed by atoms with Crippen molar-refractivity contribution in [3.63, 3.8) is 0 Å². The second-order valence-electron chi connectivity index (χ2n) is 7.56. The van der Waals surface area contributed by atoms with Gasteiger partial charge in [-0.15, -0.1) is 0 Å². The van der Waals surface area contributed by atoms with Crippen LogP contribution in [0, 0.1) is 13.8 Å². The second-order valence-corrected chi connectivity index (χ2v) is 7.56. The summed E-state index contributed by atoms with van der Waals surface area (Å²) < 4.78 is 13.3. The fourth-order valence-corrected chi connectivity index (χ4v) is 3.78. The van der Waals surface area contributed by atoms with E-state index >= 15 is 0 Å². The van der Waals surface area contributed by atoms with E-state index in [1.165, 1.54) is 0 Å². The van der Waals surface area contributed by atoms with Gasteiger partial charge in [-0.3, -0.25) is 14.3 Å². The number of piperazine rings is 1. The summed E-state index contributed by atoms with van der Waals surface area (Å²) in [5.74, 6) is 1.08. The number of nitrogens with zero attached hydrogens (tertiary/aromatic N) is 4. The third-order valence-electron chi connectivity index (χ3n) is 5.64. The van der Waals surface area contributed by atoms with Crippen molar-refractivity contribution in [2.24, 2.45) is 7.05 Å². The summed E-state index contributed by atoms with van der Waals surface area (Å²) in [5.41, 5.74) is 2.88. The monoisotopic (exact) mass is 410 g/mol. The fourth-order valence-electron chi connectivity index (χ4n) is 3.78. The van der Waals surface area contributed by atoms with Crippen molar-refractivity contribution in [2.75, 3.05) is 32.8 Å². The smallest absolute Gasteiger partial charge is 0.267 e. The van der Waals surface area contributed by atoms with E-state index in [0.717, 1.165) is 17.0 Å². The van der Waals surface area contributed by atoms with Crippen LogP contribution in [0.25, 0.3) is 6.08 Å². The van der Waals surface area contributed by atoms with Crippen molar-refractivity contribution in [1.82, 2.24) is 19.6 Å². The van der Waals surface area contributed by atoms with E-state index in [1.54, 1.807) is 26.6 Å². The molecule has 0 aliphatic carbocycles. The van der Waals surface area contributed by atoms with E-state index in [0.29, 0.717) is 37.7 Å². The molecule has 2 amide bonds. The minimum Gasteiger partial charge on any atom is -0.485 e. The summed E-state index contributed by atoms with van der Waals surface area (Å²) in [6.45, 7) is 6.03. The Bertz CT molecular complexity index is 989. The van der Waals surface area contributed by atoms with E-state index in [4.69, 9.17) is 9.47 Å². The third kappa shape index (κ3) is 3.90. The first-order valence-electron chi connectivity index (χ1n) is 10.1. The lowest BCUT2D eigenvalue weighted by Gasteiger charge is -2.36. The van der Waals surface area contributed by atoms with Gasteiger partial charge in [-0.1, -0.05) is 12.1 Å². The Hall–Kier alpha value is -3.29. The van der Waals surface area contributed by atoms with Crippen LogP contribution in [0.15, 0.2) is 30.3 Å². The van der Waals surface area contributed by atoms with Gasteiger partial charge in [0.1, 0.15) is 6.61 Å². The molecule has 0 spiro atoms. The maximum atomic E-state index is 12.8. The van der Waals surface area contributed by atoms with Gasteiger partial charge >= 0.3 is 0 Å². The Labute approximate surface area is 175 Å². The molecule has 4 rings (SSSR count). The van der Waals surface area contributed by atoms with Gasteiger partial charge in [-0.2, -0.15) is 5.10 Å². The molecule has 0 N–H and O–H groups in total. The molecule has 8 heteroatoms. The molecule has 1 fully saturated rings. The quantitative estimate of drug-likeness (QED) is 0.718. The maximum Gasteiger partial charge on any atom is 0.267 e. The lowest BCUT2D eigenvalue weighted by atomic mass is 10.1. The molecule has 30 heavy (non-hydrogen) atoms. The largest absolute Gasteiger partial charge is 0.485 e. The molecule has 0 bridgehead atoms. The zero-order valence-corrected chi connectivity index (χ0v) is 17.5. The van der Waals surface area contributed by atoms with Crippen LogP contribution in [0.2, 0.25) is 0 Å². The number of ether oxygens (including phenoxy) is 2. The highest BCUT2D eigenvalue weighted by atomic mass is 16.6.